The zero-order chi connectivity index (χ0) is 15.4. The number of amides is 1. The maximum atomic E-state index is 12.7. The van der Waals surface area contributed by atoms with Gasteiger partial charge in [-0.05, 0) is 55.9 Å². The third-order valence-electron chi connectivity index (χ3n) is 4.57. The van der Waals surface area contributed by atoms with Crippen molar-refractivity contribution < 1.29 is 4.79 Å². The van der Waals surface area contributed by atoms with E-state index in [2.05, 4.69) is 33.0 Å². The van der Waals surface area contributed by atoms with Gasteiger partial charge in [0.05, 0.1) is 0 Å². The van der Waals surface area contributed by atoms with E-state index in [4.69, 9.17) is 0 Å². The molecule has 2 rings (SSSR count). The number of anilines is 1. The van der Waals surface area contributed by atoms with Gasteiger partial charge in [0.25, 0.3) is 5.91 Å². The minimum Gasteiger partial charge on any atom is -0.385 e. The van der Waals surface area contributed by atoms with Gasteiger partial charge in [0, 0.05) is 30.4 Å². The van der Waals surface area contributed by atoms with Crippen LogP contribution < -0.4 is 5.32 Å². The van der Waals surface area contributed by atoms with Crippen LogP contribution in [0.2, 0.25) is 0 Å². The number of piperidine rings is 1. The molecule has 1 fully saturated rings. The Balaban J connectivity index is 2.08. The first kappa shape index (κ1) is 15.9. The molecule has 1 aliphatic rings. The highest BCUT2D eigenvalue weighted by molar-refractivity contribution is 5.94. The lowest BCUT2D eigenvalue weighted by molar-refractivity contribution is 0.0456. The van der Waals surface area contributed by atoms with Crippen molar-refractivity contribution in [2.75, 3.05) is 18.4 Å². The molecule has 1 N–H and O–H groups in total. The minimum absolute atomic E-state index is 0.169. The summed E-state index contributed by atoms with van der Waals surface area (Å²) >= 11 is 0. The molecule has 3 atom stereocenters. The molecular weight excluding hydrogens is 260 g/mol. The zero-order valence-electron chi connectivity index (χ0n) is 13.7. The number of likely N-dealkylation sites (tertiary alicyclic amines) is 1. The summed E-state index contributed by atoms with van der Waals surface area (Å²) in [5.74, 6) is 1.33. The van der Waals surface area contributed by atoms with Gasteiger partial charge >= 0.3 is 0 Å². The van der Waals surface area contributed by atoms with Crippen LogP contribution in [0.3, 0.4) is 0 Å². The van der Waals surface area contributed by atoms with Crippen molar-refractivity contribution in [1.29, 1.82) is 0 Å². The summed E-state index contributed by atoms with van der Waals surface area (Å²) < 4.78 is 0. The molecule has 0 spiro atoms. The van der Waals surface area contributed by atoms with Gasteiger partial charge in [0.1, 0.15) is 0 Å². The maximum Gasteiger partial charge on any atom is 0.254 e. The van der Waals surface area contributed by atoms with Gasteiger partial charge in [-0.1, -0.05) is 20.8 Å². The standard InChI is InChI=1S/C18H28N2O/c1-5-10-19-17-8-6-16(7-9-17)18(21)20-12-13(2)11-14(3)15(20)4/h6-9,13-15,19H,5,10-12H2,1-4H3. The van der Waals surface area contributed by atoms with E-state index in [9.17, 15) is 4.79 Å². The Hall–Kier alpha value is -1.51. The molecule has 1 aromatic rings. The highest BCUT2D eigenvalue weighted by atomic mass is 16.2. The Morgan fingerprint density at radius 1 is 1.24 bits per heavy atom. The molecule has 1 saturated heterocycles. The predicted molar refractivity (Wildman–Crippen MR) is 88.7 cm³/mol. The number of rotatable bonds is 4. The van der Waals surface area contributed by atoms with Gasteiger partial charge in [-0.25, -0.2) is 0 Å². The van der Waals surface area contributed by atoms with Crippen molar-refractivity contribution >= 4 is 11.6 Å². The first-order chi connectivity index (χ1) is 10.0. The number of carbonyl (C=O) groups is 1. The SMILES string of the molecule is CCCNc1ccc(C(=O)N2CC(C)CC(C)C2C)cc1. The summed E-state index contributed by atoms with van der Waals surface area (Å²) in [5, 5.41) is 3.34. The number of nitrogens with zero attached hydrogens (tertiary/aromatic N) is 1. The number of nitrogens with one attached hydrogen (secondary N) is 1. The van der Waals surface area contributed by atoms with Crippen LogP contribution >= 0.6 is 0 Å². The number of benzene rings is 1. The third-order valence-corrected chi connectivity index (χ3v) is 4.57. The minimum atomic E-state index is 0.169. The van der Waals surface area contributed by atoms with E-state index in [1.165, 1.54) is 6.42 Å². The molecule has 116 valence electrons. The van der Waals surface area contributed by atoms with Crippen LogP contribution in [0.4, 0.5) is 5.69 Å². The van der Waals surface area contributed by atoms with E-state index in [-0.39, 0.29) is 5.91 Å². The van der Waals surface area contributed by atoms with Gasteiger partial charge in [0.15, 0.2) is 0 Å². The molecule has 3 unspecified atom stereocenters. The summed E-state index contributed by atoms with van der Waals surface area (Å²) in [6.45, 7) is 10.6. The summed E-state index contributed by atoms with van der Waals surface area (Å²) in [4.78, 5) is 14.8. The summed E-state index contributed by atoms with van der Waals surface area (Å²) in [6, 6.07) is 8.22. The van der Waals surface area contributed by atoms with Crippen molar-refractivity contribution in [2.24, 2.45) is 11.8 Å². The number of hydrogen-bond donors (Lipinski definition) is 1. The van der Waals surface area contributed by atoms with Crippen molar-refractivity contribution in [3.05, 3.63) is 29.8 Å². The summed E-state index contributed by atoms with van der Waals surface area (Å²) in [6.07, 6.45) is 2.31. The fourth-order valence-corrected chi connectivity index (χ4v) is 3.15. The van der Waals surface area contributed by atoms with E-state index in [0.29, 0.717) is 17.9 Å². The monoisotopic (exact) mass is 288 g/mol. The normalized spacial score (nSPS) is 25.7. The second-order valence-electron chi connectivity index (χ2n) is 6.52. The first-order valence-corrected chi connectivity index (χ1v) is 8.17. The van der Waals surface area contributed by atoms with Gasteiger partial charge in [0.2, 0.25) is 0 Å². The maximum absolute atomic E-state index is 12.7. The smallest absolute Gasteiger partial charge is 0.254 e. The van der Waals surface area contributed by atoms with Crippen LogP contribution in [0.1, 0.15) is 50.9 Å². The molecular formula is C18H28N2O. The number of carbonyl (C=O) groups excluding carboxylic acids is 1. The van der Waals surface area contributed by atoms with Crippen LogP contribution in [-0.2, 0) is 0 Å². The van der Waals surface area contributed by atoms with Gasteiger partial charge < -0.3 is 10.2 Å². The average molecular weight is 288 g/mol. The van der Waals surface area contributed by atoms with Crippen LogP contribution in [0, 0.1) is 11.8 Å². The van der Waals surface area contributed by atoms with Crippen molar-refractivity contribution in [3.8, 4) is 0 Å². The highest BCUT2D eigenvalue weighted by Gasteiger charge is 2.32. The molecule has 0 bridgehead atoms. The topological polar surface area (TPSA) is 32.3 Å². The van der Waals surface area contributed by atoms with E-state index in [1.54, 1.807) is 0 Å². The van der Waals surface area contributed by atoms with Crippen LogP contribution in [0.5, 0.6) is 0 Å². The molecule has 0 radical (unpaired) electrons. The van der Waals surface area contributed by atoms with E-state index in [1.807, 2.05) is 29.2 Å². The molecule has 1 amide bonds. The lowest BCUT2D eigenvalue weighted by atomic mass is 9.85. The first-order valence-electron chi connectivity index (χ1n) is 8.17. The Morgan fingerprint density at radius 2 is 1.90 bits per heavy atom. The Labute approximate surface area is 128 Å². The molecule has 1 heterocycles. The van der Waals surface area contributed by atoms with Crippen LogP contribution in [0.15, 0.2) is 24.3 Å². The van der Waals surface area contributed by atoms with Gasteiger partial charge in [-0.15, -0.1) is 0 Å². The predicted octanol–water partition coefficient (Wildman–Crippen LogP) is 4.02. The molecule has 0 saturated carbocycles. The lowest BCUT2D eigenvalue weighted by Crippen LogP contribution is -2.48. The zero-order valence-corrected chi connectivity index (χ0v) is 13.7. The van der Waals surface area contributed by atoms with E-state index >= 15 is 0 Å². The van der Waals surface area contributed by atoms with Crippen LogP contribution in [0.25, 0.3) is 0 Å². The van der Waals surface area contributed by atoms with Gasteiger partial charge in [-0.3, -0.25) is 4.79 Å². The molecule has 21 heavy (non-hydrogen) atoms. The largest absolute Gasteiger partial charge is 0.385 e. The summed E-state index contributed by atoms with van der Waals surface area (Å²) in [5.41, 5.74) is 1.88. The second kappa shape index (κ2) is 6.97. The molecule has 0 aliphatic carbocycles. The molecule has 1 aromatic carbocycles. The third kappa shape index (κ3) is 3.78. The highest BCUT2D eigenvalue weighted by Crippen LogP contribution is 2.28. The molecule has 3 nitrogen and oxygen atoms in total. The quantitative estimate of drug-likeness (QED) is 0.907. The Morgan fingerprint density at radius 3 is 2.52 bits per heavy atom. The van der Waals surface area contributed by atoms with Crippen molar-refractivity contribution in [3.63, 3.8) is 0 Å². The Bertz CT molecular complexity index is 469. The lowest BCUT2D eigenvalue weighted by Gasteiger charge is -2.41. The number of hydrogen-bond acceptors (Lipinski definition) is 2. The van der Waals surface area contributed by atoms with Crippen LogP contribution in [-0.4, -0.2) is 29.9 Å². The Kier molecular flexibility index (Phi) is 5.27. The summed E-state index contributed by atoms with van der Waals surface area (Å²) in [7, 11) is 0. The molecule has 0 aromatic heterocycles. The molecule has 3 heteroatoms. The van der Waals surface area contributed by atoms with E-state index in [0.717, 1.165) is 30.8 Å². The average Bonchev–Trinajstić information content (AvgIpc) is 2.48. The fraction of sp³-hybridized carbons (Fsp3) is 0.611. The second-order valence-corrected chi connectivity index (χ2v) is 6.52. The van der Waals surface area contributed by atoms with Crippen molar-refractivity contribution in [2.45, 2.75) is 46.6 Å². The van der Waals surface area contributed by atoms with Gasteiger partial charge in [-0.2, -0.15) is 0 Å². The molecule has 1 aliphatic heterocycles. The fourth-order valence-electron chi connectivity index (χ4n) is 3.15. The van der Waals surface area contributed by atoms with E-state index < -0.39 is 0 Å². The van der Waals surface area contributed by atoms with Crippen molar-refractivity contribution in [1.82, 2.24) is 4.90 Å².